The minimum absolute atomic E-state index is 0.105. The maximum Gasteiger partial charge on any atom is 0.373 e. The van der Waals surface area contributed by atoms with Gasteiger partial charge in [0.15, 0.2) is 0 Å². The van der Waals surface area contributed by atoms with Crippen molar-refractivity contribution in [1.29, 1.82) is 0 Å². The van der Waals surface area contributed by atoms with Crippen molar-refractivity contribution in [2.45, 2.75) is 36.9 Å². The van der Waals surface area contributed by atoms with Gasteiger partial charge in [0.2, 0.25) is 15.9 Å². The predicted molar refractivity (Wildman–Crippen MR) is 115 cm³/mol. The first kappa shape index (κ1) is 23.4. The number of hydrogen-bond acceptors (Lipinski definition) is 7. The van der Waals surface area contributed by atoms with Crippen LogP contribution in [0.1, 0.15) is 18.1 Å². The van der Waals surface area contributed by atoms with Crippen molar-refractivity contribution >= 4 is 33.4 Å². The highest BCUT2D eigenvalue weighted by Crippen LogP contribution is 2.31. The zero-order chi connectivity index (χ0) is 23.6. The van der Waals surface area contributed by atoms with E-state index in [0.29, 0.717) is 22.6 Å². The number of anilines is 1. The summed E-state index contributed by atoms with van der Waals surface area (Å²) < 4.78 is 32.6. The van der Waals surface area contributed by atoms with Crippen molar-refractivity contribution in [1.82, 2.24) is 4.31 Å². The Bertz CT molecular complexity index is 1160. The zero-order valence-electron chi connectivity index (χ0n) is 17.4. The first-order chi connectivity index (χ1) is 15.0. The van der Waals surface area contributed by atoms with Gasteiger partial charge in [0, 0.05) is 12.2 Å². The quantitative estimate of drug-likeness (QED) is 0.510. The van der Waals surface area contributed by atoms with E-state index in [2.05, 4.69) is 5.32 Å². The van der Waals surface area contributed by atoms with E-state index in [4.69, 9.17) is 10.5 Å². The molecule has 0 saturated carbocycles. The molecule has 4 N–H and O–H groups in total. The van der Waals surface area contributed by atoms with Crippen LogP contribution in [0.5, 0.6) is 5.75 Å². The SMILES string of the molecule is COc1ccc(S(=O)(=O)N2Cc3cc(NC(=O)[C@H](C)N)ccc3C[C@H]2C(=O)C(=O)O)cc1. The third kappa shape index (κ3) is 4.64. The Kier molecular flexibility index (Phi) is 6.63. The number of carbonyl (C=O) groups is 3. The number of methoxy groups -OCH3 is 1. The number of fused-ring (bicyclic) bond motifs is 1. The highest BCUT2D eigenvalue weighted by atomic mass is 32.2. The van der Waals surface area contributed by atoms with Crippen molar-refractivity contribution < 1.29 is 32.6 Å². The van der Waals surface area contributed by atoms with Crippen molar-refractivity contribution in [3.05, 3.63) is 53.6 Å². The molecule has 0 aromatic heterocycles. The molecular formula is C21H23N3O7S. The van der Waals surface area contributed by atoms with E-state index in [1.807, 2.05) is 0 Å². The van der Waals surface area contributed by atoms with Crippen molar-refractivity contribution in [3.63, 3.8) is 0 Å². The number of sulfonamides is 1. The lowest BCUT2D eigenvalue weighted by atomic mass is 9.93. The molecule has 0 radical (unpaired) electrons. The Morgan fingerprint density at radius 2 is 1.81 bits per heavy atom. The molecule has 2 aromatic rings. The minimum atomic E-state index is -4.22. The predicted octanol–water partition coefficient (Wildman–Crippen LogP) is 0.750. The molecular weight excluding hydrogens is 438 g/mol. The van der Waals surface area contributed by atoms with Gasteiger partial charge in [0.25, 0.3) is 5.78 Å². The van der Waals surface area contributed by atoms with E-state index < -0.39 is 39.8 Å². The average molecular weight is 461 g/mol. The van der Waals surface area contributed by atoms with Gasteiger partial charge in [-0.15, -0.1) is 0 Å². The van der Waals surface area contributed by atoms with E-state index in [1.54, 1.807) is 18.2 Å². The maximum absolute atomic E-state index is 13.3. The van der Waals surface area contributed by atoms with E-state index in [-0.39, 0.29) is 17.9 Å². The summed E-state index contributed by atoms with van der Waals surface area (Å²) in [6, 6.07) is 8.23. The van der Waals surface area contributed by atoms with Crippen LogP contribution in [0, 0.1) is 0 Å². The second-order valence-electron chi connectivity index (χ2n) is 7.38. The van der Waals surface area contributed by atoms with Crippen LogP contribution >= 0.6 is 0 Å². The summed E-state index contributed by atoms with van der Waals surface area (Å²) >= 11 is 0. The van der Waals surface area contributed by atoms with E-state index >= 15 is 0 Å². The van der Waals surface area contributed by atoms with E-state index in [9.17, 15) is 27.9 Å². The summed E-state index contributed by atoms with van der Waals surface area (Å²) in [6.07, 6.45) is -0.114. The topological polar surface area (TPSA) is 156 Å². The number of nitrogens with zero attached hydrogens (tertiary/aromatic N) is 1. The number of amides is 1. The van der Waals surface area contributed by atoms with Gasteiger partial charge < -0.3 is 20.9 Å². The van der Waals surface area contributed by atoms with Crippen LogP contribution in [0.3, 0.4) is 0 Å². The van der Waals surface area contributed by atoms with Crippen molar-refractivity contribution in [2.75, 3.05) is 12.4 Å². The van der Waals surface area contributed by atoms with E-state index in [1.165, 1.54) is 38.3 Å². The number of nitrogens with two attached hydrogens (primary N) is 1. The summed E-state index contributed by atoms with van der Waals surface area (Å²) in [5.41, 5.74) is 7.13. The third-order valence-corrected chi connectivity index (χ3v) is 7.02. The summed E-state index contributed by atoms with van der Waals surface area (Å²) in [5.74, 6) is -2.90. The Morgan fingerprint density at radius 1 is 1.16 bits per heavy atom. The Hall–Kier alpha value is -3.28. The van der Waals surface area contributed by atoms with Gasteiger partial charge in [-0.2, -0.15) is 4.31 Å². The van der Waals surface area contributed by atoms with Crippen LogP contribution in [-0.4, -0.2) is 54.7 Å². The minimum Gasteiger partial charge on any atom is -0.497 e. The molecule has 0 aliphatic carbocycles. The molecule has 0 fully saturated rings. The molecule has 0 saturated heterocycles. The van der Waals surface area contributed by atoms with Gasteiger partial charge in [-0.05, 0) is 60.9 Å². The Balaban J connectivity index is 2.02. The lowest BCUT2D eigenvalue weighted by Gasteiger charge is -2.34. The van der Waals surface area contributed by atoms with Gasteiger partial charge in [-0.3, -0.25) is 9.59 Å². The van der Waals surface area contributed by atoms with Crippen LogP contribution in [-0.2, 0) is 37.4 Å². The fraction of sp³-hybridized carbons (Fsp3) is 0.286. The van der Waals surface area contributed by atoms with Crippen LogP contribution in [0.15, 0.2) is 47.4 Å². The number of carboxylic acid groups (broad SMARTS) is 1. The third-order valence-electron chi connectivity index (χ3n) is 5.15. The molecule has 0 bridgehead atoms. The summed E-state index contributed by atoms with van der Waals surface area (Å²) in [5, 5.41) is 11.9. The number of aliphatic carboxylic acids is 1. The largest absolute Gasteiger partial charge is 0.497 e. The Morgan fingerprint density at radius 3 is 2.38 bits per heavy atom. The highest BCUT2D eigenvalue weighted by molar-refractivity contribution is 7.89. The fourth-order valence-corrected chi connectivity index (χ4v) is 4.96. The fourth-order valence-electron chi connectivity index (χ4n) is 3.40. The number of ether oxygens (including phenoxy) is 1. The number of Topliss-reactive ketones (excluding diaryl/α,β-unsaturated/α-hetero) is 1. The number of rotatable bonds is 7. The lowest BCUT2D eigenvalue weighted by molar-refractivity contribution is -0.151. The first-order valence-corrected chi connectivity index (χ1v) is 11.1. The highest BCUT2D eigenvalue weighted by Gasteiger charge is 2.42. The molecule has 0 unspecified atom stereocenters. The van der Waals surface area contributed by atoms with Crippen molar-refractivity contribution in [3.8, 4) is 5.75 Å². The molecule has 170 valence electrons. The Labute approximate surface area is 185 Å². The summed E-state index contributed by atoms with van der Waals surface area (Å²) in [7, 11) is -2.78. The number of carboxylic acids is 1. The van der Waals surface area contributed by atoms with Crippen molar-refractivity contribution in [2.24, 2.45) is 5.73 Å². The zero-order valence-corrected chi connectivity index (χ0v) is 18.3. The summed E-state index contributed by atoms with van der Waals surface area (Å²) in [4.78, 5) is 35.6. The van der Waals surface area contributed by atoms with Crippen LogP contribution in [0.2, 0.25) is 0 Å². The van der Waals surface area contributed by atoms with Crippen LogP contribution in [0.25, 0.3) is 0 Å². The molecule has 2 atom stereocenters. The summed E-state index contributed by atoms with van der Waals surface area (Å²) in [6.45, 7) is 1.29. The number of hydrogen-bond donors (Lipinski definition) is 3. The molecule has 10 nitrogen and oxygen atoms in total. The first-order valence-electron chi connectivity index (χ1n) is 9.66. The molecule has 1 amide bonds. The molecule has 2 aromatic carbocycles. The molecule has 1 aliphatic heterocycles. The molecule has 1 aliphatic rings. The molecule has 0 spiro atoms. The smallest absolute Gasteiger partial charge is 0.373 e. The van der Waals surface area contributed by atoms with Gasteiger partial charge >= 0.3 is 5.97 Å². The monoisotopic (exact) mass is 461 g/mol. The number of ketones is 1. The lowest BCUT2D eigenvalue weighted by Crippen LogP contribution is -2.50. The number of nitrogens with one attached hydrogen (secondary N) is 1. The molecule has 1 heterocycles. The second kappa shape index (κ2) is 9.07. The van der Waals surface area contributed by atoms with Gasteiger partial charge in [0.1, 0.15) is 5.75 Å². The van der Waals surface area contributed by atoms with Crippen LogP contribution in [0.4, 0.5) is 5.69 Å². The average Bonchev–Trinajstić information content (AvgIpc) is 2.77. The van der Waals surface area contributed by atoms with Gasteiger partial charge in [-0.25, -0.2) is 13.2 Å². The number of benzene rings is 2. The van der Waals surface area contributed by atoms with E-state index in [0.717, 1.165) is 4.31 Å². The van der Waals surface area contributed by atoms with Crippen LogP contribution < -0.4 is 15.8 Å². The second-order valence-corrected chi connectivity index (χ2v) is 9.27. The normalized spacial score (nSPS) is 17.2. The van der Waals surface area contributed by atoms with Gasteiger partial charge in [-0.1, -0.05) is 6.07 Å². The standard InChI is InChI=1S/C21H23N3O7S/c1-12(22)20(26)23-15-4-3-13-10-18(19(25)21(27)28)24(11-14(13)9-15)32(29,30)17-7-5-16(31-2)6-8-17/h3-9,12,18H,10-11,22H2,1-2H3,(H,23,26)(H,27,28)/t12-,18-/m0/s1. The molecule has 32 heavy (non-hydrogen) atoms. The van der Waals surface area contributed by atoms with Gasteiger partial charge in [0.05, 0.1) is 24.1 Å². The number of carbonyl (C=O) groups excluding carboxylic acids is 2. The maximum atomic E-state index is 13.3. The molecule has 11 heteroatoms. The molecule has 3 rings (SSSR count).